The monoisotopic (exact) mass is 232 g/mol. The van der Waals surface area contributed by atoms with Crippen LogP contribution in [0.5, 0.6) is 0 Å². The number of carbonyl (C=O) groups is 2. The van der Waals surface area contributed by atoms with E-state index in [1.807, 2.05) is 24.8 Å². The van der Waals surface area contributed by atoms with Gasteiger partial charge in [-0.2, -0.15) is 0 Å². The number of hydroxylamine groups is 2. The van der Waals surface area contributed by atoms with Gasteiger partial charge in [0, 0.05) is 0 Å². The topological polar surface area (TPSA) is 76.7 Å². The van der Waals surface area contributed by atoms with Crippen LogP contribution in [0.25, 0.3) is 0 Å². The first-order chi connectivity index (χ1) is 7.72. The summed E-state index contributed by atoms with van der Waals surface area (Å²) in [5, 5.41) is 0. The van der Waals surface area contributed by atoms with E-state index < -0.39 is 11.8 Å². The number of hydrogen-bond acceptors (Lipinski definition) is 4. The van der Waals surface area contributed by atoms with Gasteiger partial charge in [0.05, 0.1) is 13.2 Å². The minimum absolute atomic E-state index is 0.395. The van der Waals surface area contributed by atoms with E-state index in [2.05, 4.69) is 0 Å². The molecule has 16 heavy (non-hydrogen) atoms. The maximum atomic E-state index is 11.0. The summed E-state index contributed by atoms with van der Waals surface area (Å²) in [6, 6.07) is 0. The molecule has 0 aromatic rings. The first kappa shape index (κ1) is 14.9. The van der Waals surface area contributed by atoms with Crippen LogP contribution in [0.1, 0.15) is 39.5 Å². The molecule has 0 unspecified atom stereocenters. The molecule has 0 bridgehead atoms. The number of carbonyl (C=O) groups excluding carboxylic acids is 2. The van der Waals surface area contributed by atoms with E-state index in [0.29, 0.717) is 13.2 Å². The molecule has 2 amide bonds. The van der Waals surface area contributed by atoms with Crippen LogP contribution in [0.15, 0.2) is 0 Å². The Balaban J connectivity index is 3.46. The lowest BCUT2D eigenvalue weighted by Crippen LogP contribution is -2.40. The molecule has 6 nitrogen and oxygen atoms in total. The average Bonchev–Trinajstić information content (AvgIpc) is 2.29. The van der Waals surface area contributed by atoms with Crippen LogP contribution in [0.4, 0.5) is 0 Å². The van der Waals surface area contributed by atoms with Crippen LogP contribution in [0.2, 0.25) is 0 Å². The maximum Gasteiger partial charge on any atom is 0.335 e. The molecule has 0 aliphatic rings. The molecule has 0 rings (SSSR count). The first-order valence-corrected chi connectivity index (χ1v) is 5.56. The molecule has 0 spiro atoms. The minimum Gasteiger partial charge on any atom is -0.273 e. The number of rotatable bonds is 8. The summed E-state index contributed by atoms with van der Waals surface area (Å²) in [7, 11) is 0. The summed E-state index contributed by atoms with van der Waals surface area (Å²) in [6.45, 7) is 4.79. The molecule has 0 heterocycles. The second kappa shape index (κ2) is 10.4. The van der Waals surface area contributed by atoms with Gasteiger partial charge in [0.2, 0.25) is 0 Å². The van der Waals surface area contributed by atoms with Gasteiger partial charge < -0.3 is 0 Å². The molecule has 0 saturated carbocycles. The van der Waals surface area contributed by atoms with Crippen LogP contribution in [0, 0.1) is 0 Å². The number of nitrogens with one attached hydrogen (secondary N) is 2. The van der Waals surface area contributed by atoms with Gasteiger partial charge in [0.1, 0.15) is 0 Å². The Hall–Kier alpha value is -1.14. The predicted octanol–water partition coefficient (Wildman–Crippen LogP) is 0.682. The first-order valence-electron chi connectivity index (χ1n) is 5.56. The predicted molar refractivity (Wildman–Crippen MR) is 58.0 cm³/mol. The molecule has 0 fully saturated rings. The van der Waals surface area contributed by atoms with Crippen LogP contribution in [-0.4, -0.2) is 25.0 Å². The average molecular weight is 232 g/mol. The van der Waals surface area contributed by atoms with E-state index >= 15 is 0 Å². The minimum atomic E-state index is -0.854. The van der Waals surface area contributed by atoms with Gasteiger partial charge in [-0.1, -0.05) is 26.7 Å². The molecule has 0 aromatic carbocycles. The van der Waals surface area contributed by atoms with Crippen molar-refractivity contribution in [3.8, 4) is 0 Å². The molecule has 6 heteroatoms. The highest BCUT2D eigenvalue weighted by Gasteiger charge is 2.12. The van der Waals surface area contributed by atoms with Gasteiger partial charge >= 0.3 is 11.8 Å². The Kier molecular flexibility index (Phi) is 9.64. The van der Waals surface area contributed by atoms with E-state index in [9.17, 15) is 9.59 Å². The van der Waals surface area contributed by atoms with E-state index in [1.54, 1.807) is 0 Å². The summed E-state index contributed by atoms with van der Waals surface area (Å²) in [5.74, 6) is -1.71. The van der Waals surface area contributed by atoms with Gasteiger partial charge in [-0.15, -0.1) is 0 Å². The zero-order valence-corrected chi connectivity index (χ0v) is 9.88. The van der Waals surface area contributed by atoms with Gasteiger partial charge in [-0.25, -0.2) is 11.0 Å². The van der Waals surface area contributed by atoms with Crippen molar-refractivity contribution in [3.63, 3.8) is 0 Å². The summed E-state index contributed by atoms with van der Waals surface area (Å²) in [5.41, 5.74) is 4.05. The number of hydrogen-bond donors (Lipinski definition) is 2. The third-order valence-corrected chi connectivity index (χ3v) is 1.74. The highest BCUT2D eigenvalue weighted by molar-refractivity contribution is 6.34. The lowest BCUT2D eigenvalue weighted by Gasteiger charge is -2.06. The molecular weight excluding hydrogens is 212 g/mol. The van der Waals surface area contributed by atoms with E-state index in [0.717, 1.165) is 25.7 Å². The normalized spacial score (nSPS) is 9.88. The number of amides is 2. The van der Waals surface area contributed by atoms with Gasteiger partial charge in [-0.05, 0) is 12.8 Å². The van der Waals surface area contributed by atoms with Crippen molar-refractivity contribution in [1.82, 2.24) is 11.0 Å². The second-order valence-corrected chi connectivity index (χ2v) is 3.27. The molecule has 0 aromatic heterocycles. The Bertz CT molecular complexity index is 187. The Morgan fingerprint density at radius 2 is 1.25 bits per heavy atom. The van der Waals surface area contributed by atoms with Crippen LogP contribution in [-0.2, 0) is 19.3 Å². The fourth-order valence-corrected chi connectivity index (χ4v) is 0.759. The van der Waals surface area contributed by atoms with E-state index in [4.69, 9.17) is 9.68 Å². The molecule has 94 valence electrons. The fraction of sp³-hybridized carbons (Fsp3) is 0.800. The van der Waals surface area contributed by atoms with E-state index in [-0.39, 0.29) is 0 Å². The Morgan fingerprint density at radius 1 is 0.875 bits per heavy atom. The maximum absolute atomic E-state index is 11.0. The van der Waals surface area contributed by atoms with Crippen molar-refractivity contribution in [2.45, 2.75) is 39.5 Å². The molecule has 0 saturated heterocycles. The van der Waals surface area contributed by atoms with Crippen molar-refractivity contribution >= 4 is 11.8 Å². The Morgan fingerprint density at radius 3 is 1.56 bits per heavy atom. The lowest BCUT2D eigenvalue weighted by atomic mass is 10.4. The molecule has 0 atom stereocenters. The Labute approximate surface area is 95.6 Å². The molecule has 2 N–H and O–H groups in total. The van der Waals surface area contributed by atoms with Crippen LogP contribution < -0.4 is 11.0 Å². The van der Waals surface area contributed by atoms with Gasteiger partial charge in [-0.3, -0.25) is 19.3 Å². The van der Waals surface area contributed by atoms with E-state index in [1.165, 1.54) is 0 Å². The smallest absolute Gasteiger partial charge is 0.273 e. The fourth-order valence-electron chi connectivity index (χ4n) is 0.759. The summed E-state index contributed by atoms with van der Waals surface area (Å²) >= 11 is 0. The zero-order valence-electron chi connectivity index (χ0n) is 9.88. The van der Waals surface area contributed by atoms with Crippen LogP contribution in [0.3, 0.4) is 0 Å². The van der Waals surface area contributed by atoms with Crippen molar-refractivity contribution in [1.29, 1.82) is 0 Å². The van der Waals surface area contributed by atoms with Crippen molar-refractivity contribution < 1.29 is 19.3 Å². The van der Waals surface area contributed by atoms with Crippen molar-refractivity contribution in [2.24, 2.45) is 0 Å². The molecule has 0 aliphatic heterocycles. The molecule has 0 radical (unpaired) electrons. The standard InChI is InChI=1S/C10H20N2O4/c1-3-5-7-15-11-9(13)10(14)12-16-8-6-4-2/h3-8H2,1-2H3,(H,11,13)(H,12,14). The van der Waals surface area contributed by atoms with Gasteiger partial charge in [0.25, 0.3) is 0 Å². The highest BCUT2D eigenvalue weighted by Crippen LogP contribution is 1.86. The van der Waals surface area contributed by atoms with Crippen molar-refractivity contribution in [3.05, 3.63) is 0 Å². The quantitative estimate of drug-likeness (QED) is 0.366. The highest BCUT2D eigenvalue weighted by atomic mass is 16.7. The third-order valence-electron chi connectivity index (χ3n) is 1.74. The van der Waals surface area contributed by atoms with Crippen LogP contribution >= 0.6 is 0 Å². The zero-order chi connectivity index (χ0) is 12.2. The summed E-state index contributed by atoms with van der Waals surface area (Å²) < 4.78 is 0. The summed E-state index contributed by atoms with van der Waals surface area (Å²) in [4.78, 5) is 31.6. The number of unbranched alkanes of at least 4 members (excludes halogenated alkanes) is 2. The van der Waals surface area contributed by atoms with Crippen molar-refractivity contribution in [2.75, 3.05) is 13.2 Å². The lowest BCUT2D eigenvalue weighted by molar-refractivity contribution is -0.153. The summed E-state index contributed by atoms with van der Waals surface area (Å²) in [6.07, 6.45) is 3.58. The van der Waals surface area contributed by atoms with Gasteiger partial charge in [0.15, 0.2) is 0 Å². The second-order valence-electron chi connectivity index (χ2n) is 3.27. The SMILES string of the molecule is CCCCONC(=O)C(=O)NOCCCC. The molecular formula is C10H20N2O4. The third kappa shape index (κ3) is 8.19. The molecule has 0 aliphatic carbocycles. The largest absolute Gasteiger partial charge is 0.335 e.